The number of amides is 4. The van der Waals surface area contributed by atoms with Crippen molar-refractivity contribution in [1.29, 1.82) is 0 Å². The second-order valence-electron chi connectivity index (χ2n) is 17.6. The number of hydrogen-bond acceptors (Lipinski definition) is 8. The molecular formula is C48H54N8O6. The Kier molecular flexibility index (Phi) is 12.8. The number of nitrogens with zero attached hydrogens (tertiary/aromatic N) is 4. The summed E-state index contributed by atoms with van der Waals surface area (Å²) in [6.45, 7) is 11.7. The number of benzene rings is 3. The van der Waals surface area contributed by atoms with E-state index in [1.807, 2.05) is 84.9 Å². The molecule has 4 heterocycles. The molecule has 3 aromatic carbocycles. The molecule has 322 valence electrons. The summed E-state index contributed by atoms with van der Waals surface area (Å²) in [5, 5.41) is 5.60. The molecule has 62 heavy (non-hydrogen) atoms. The molecule has 4 amide bonds. The van der Waals surface area contributed by atoms with Gasteiger partial charge in [-0.25, -0.2) is 19.6 Å². The molecule has 0 aliphatic carbocycles. The van der Waals surface area contributed by atoms with Crippen molar-refractivity contribution in [2.45, 2.75) is 103 Å². The van der Waals surface area contributed by atoms with E-state index in [0.717, 1.165) is 36.1 Å². The number of carbonyl (C=O) groups is 4. The summed E-state index contributed by atoms with van der Waals surface area (Å²) in [7, 11) is 0. The quantitative estimate of drug-likeness (QED) is 0.108. The Morgan fingerprint density at radius 1 is 0.645 bits per heavy atom. The topological polar surface area (TPSA) is 175 Å². The van der Waals surface area contributed by atoms with Crippen LogP contribution in [0.5, 0.6) is 0 Å². The van der Waals surface area contributed by atoms with Gasteiger partial charge in [0.25, 0.3) is 11.8 Å². The summed E-state index contributed by atoms with van der Waals surface area (Å²) in [4.78, 5) is 73.5. The van der Waals surface area contributed by atoms with Crippen LogP contribution in [0.3, 0.4) is 0 Å². The molecule has 2 aliphatic heterocycles. The average Bonchev–Trinajstić information content (AvgIpc) is 4.08. The Bertz CT molecular complexity index is 2420. The second kappa shape index (κ2) is 18.4. The first kappa shape index (κ1) is 43.2. The highest BCUT2D eigenvalue weighted by molar-refractivity contribution is 5.88. The van der Waals surface area contributed by atoms with Gasteiger partial charge in [-0.1, -0.05) is 78.7 Å². The van der Waals surface area contributed by atoms with Gasteiger partial charge in [0.15, 0.2) is 0 Å². The first-order valence-electron chi connectivity index (χ1n) is 21.0. The summed E-state index contributed by atoms with van der Waals surface area (Å²) in [6, 6.07) is 23.7. The highest BCUT2D eigenvalue weighted by atomic mass is 16.6. The van der Waals surface area contributed by atoms with Crippen molar-refractivity contribution in [3.63, 3.8) is 0 Å². The Balaban J connectivity index is 1.01. The zero-order valence-electron chi connectivity index (χ0n) is 36.0. The molecule has 0 spiro atoms. The fourth-order valence-electron chi connectivity index (χ4n) is 7.77. The predicted octanol–water partition coefficient (Wildman–Crippen LogP) is 8.06. The van der Waals surface area contributed by atoms with E-state index < -0.39 is 35.5 Å². The molecule has 0 radical (unpaired) electrons. The maximum atomic E-state index is 14.1. The maximum absolute atomic E-state index is 14.1. The van der Waals surface area contributed by atoms with Crippen LogP contribution in [0.4, 0.5) is 9.59 Å². The first-order chi connectivity index (χ1) is 29.6. The number of carbonyl (C=O) groups excluding carboxylic acids is 4. The van der Waals surface area contributed by atoms with Gasteiger partial charge in [0.2, 0.25) is 0 Å². The maximum Gasteiger partial charge on any atom is 0.408 e. The molecule has 0 bridgehead atoms. The van der Waals surface area contributed by atoms with Crippen molar-refractivity contribution >= 4 is 24.0 Å². The predicted molar refractivity (Wildman–Crippen MR) is 233 cm³/mol. The van der Waals surface area contributed by atoms with Gasteiger partial charge in [0.05, 0.1) is 30.2 Å². The summed E-state index contributed by atoms with van der Waals surface area (Å²) in [6.07, 6.45) is 5.14. The zero-order valence-corrected chi connectivity index (χ0v) is 36.0. The van der Waals surface area contributed by atoms with Gasteiger partial charge in [-0.15, -0.1) is 0 Å². The second-order valence-corrected chi connectivity index (χ2v) is 17.6. The Morgan fingerprint density at radius 2 is 1.11 bits per heavy atom. The van der Waals surface area contributed by atoms with Crippen LogP contribution in [-0.2, 0) is 19.1 Å². The number of aromatic nitrogens is 4. The third-order valence-corrected chi connectivity index (χ3v) is 10.5. The van der Waals surface area contributed by atoms with Crippen LogP contribution in [0.1, 0.15) is 125 Å². The molecule has 7 rings (SSSR count). The number of likely N-dealkylation sites (tertiary alicyclic amines) is 2. The van der Waals surface area contributed by atoms with Crippen LogP contribution < -0.4 is 10.6 Å². The van der Waals surface area contributed by atoms with Gasteiger partial charge in [-0.2, -0.15) is 0 Å². The fourth-order valence-corrected chi connectivity index (χ4v) is 7.77. The van der Waals surface area contributed by atoms with Crippen molar-refractivity contribution in [3.8, 4) is 23.1 Å². The molecule has 2 aromatic heterocycles. The van der Waals surface area contributed by atoms with E-state index >= 15 is 0 Å². The SMILES string of the molecule is CC(C)(C)OC(=O)N[C@@H](C(=O)N1CCC[C@H]1c1ncc(C#Cc2ccc(-c3cnc([C@@H]4CCCN4C(=O)[C@H](NC(=O)OC(C)(C)C)c4ccccc4)[nH]3)cc2)[nH]1)c1ccccc1. The van der Waals surface area contributed by atoms with E-state index in [-0.39, 0.29) is 23.9 Å². The van der Waals surface area contributed by atoms with Crippen molar-refractivity contribution in [2.75, 3.05) is 13.1 Å². The summed E-state index contributed by atoms with van der Waals surface area (Å²) in [5.41, 5.74) is 3.00. The molecule has 0 saturated carbocycles. The van der Waals surface area contributed by atoms with Gasteiger partial charge in [-0.05, 0) is 102 Å². The number of alkyl carbamates (subject to hydrolysis) is 2. The monoisotopic (exact) mass is 838 g/mol. The normalized spacial score (nSPS) is 17.4. The van der Waals surface area contributed by atoms with Crippen molar-refractivity contribution in [1.82, 2.24) is 40.4 Å². The third kappa shape index (κ3) is 10.7. The Hall–Kier alpha value is -6.88. The first-order valence-corrected chi connectivity index (χ1v) is 21.0. The van der Waals surface area contributed by atoms with Gasteiger partial charge >= 0.3 is 12.2 Å². The van der Waals surface area contributed by atoms with Crippen molar-refractivity contribution in [2.24, 2.45) is 0 Å². The molecule has 4 atom stereocenters. The number of aromatic amines is 2. The standard InChI is InChI=1S/C48H54N8O6/c1-47(2,3)61-45(59)53-39(33-15-9-7-10-16-33)43(57)55-27-13-19-37(55)41-49-29-35(51-41)26-23-31-21-24-32(25-22-31)36-30-50-42(52-36)38-20-14-28-56(38)44(58)40(34-17-11-8-12-18-34)54-46(60)62-48(4,5)6/h7-12,15-18,21-22,24-25,29-30,37-40H,13-14,19-20,27-28H2,1-6H3,(H,49,51)(H,50,52)(H,53,59)(H,54,60)/t37-,38-,39+,40+/m0/s1. The molecule has 2 aliphatic rings. The lowest BCUT2D eigenvalue weighted by Gasteiger charge is -2.29. The molecule has 2 saturated heterocycles. The molecule has 14 nitrogen and oxygen atoms in total. The number of imidazole rings is 2. The molecule has 5 aromatic rings. The van der Waals surface area contributed by atoms with Gasteiger partial charge in [-0.3, -0.25) is 9.59 Å². The number of H-pyrrole nitrogens is 2. The summed E-state index contributed by atoms with van der Waals surface area (Å²) in [5.74, 6) is 7.21. The average molecular weight is 839 g/mol. The van der Waals surface area contributed by atoms with E-state index in [4.69, 9.17) is 14.5 Å². The van der Waals surface area contributed by atoms with Gasteiger partial charge in [0.1, 0.15) is 40.6 Å². The number of hydrogen-bond donors (Lipinski definition) is 4. The number of ether oxygens (including phenoxy) is 2. The minimum atomic E-state index is -0.925. The van der Waals surface area contributed by atoms with Gasteiger partial charge < -0.3 is 39.9 Å². The van der Waals surface area contributed by atoms with Crippen LogP contribution in [0.25, 0.3) is 11.3 Å². The van der Waals surface area contributed by atoms with E-state index in [0.29, 0.717) is 48.0 Å². The summed E-state index contributed by atoms with van der Waals surface area (Å²) < 4.78 is 11.0. The molecule has 2 fully saturated rings. The Morgan fingerprint density at radius 3 is 1.60 bits per heavy atom. The van der Waals surface area contributed by atoms with Crippen LogP contribution >= 0.6 is 0 Å². The highest BCUT2D eigenvalue weighted by Gasteiger charge is 2.39. The van der Waals surface area contributed by atoms with Crippen molar-refractivity contribution < 1.29 is 28.7 Å². The lowest BCUT2D eigenvalue weighted by molar-refractivity contribution is -0.135. The number of nitrogens with one attached hydrogen (secondary N) is 4. The van der Waals surface area contributed by atoms with Crippen LogP contribution in [0, 0.1) is 11.8 Å². The van der Waals surface area contributed by atoms with Crippen LogP contribution in [0.2, 0.25) is 0 Å². The van der Waals surface area contributed by atoms with E-state index in [9.17, 15) is 19.2 Å². The van der Waals surface area contributed by atoms with Crippen molar-refractivity contribution in [3.05, 3.63) is 131 Å². The van der Waals surface area contributed by atoms with E-state index in [1.165, 1.54) is 0 Å². The lowest BCUT2D eigenvalue weighted by atomic mass is 10.0. The fraction of sp³-hybridized carbons (Fsp3) is 0.375. The highest BCUT2D eigenvalue weighted by Crippen LogP contribution is 2.35. The summed E-state index contributed by atoms with van der Waals surface area (Å²) >= 11 is 0. The molecular weight excluding hydrogens is 785 g/mol. The third-order valence-electron chi connectivity index (χ3n) is 10.5. The minimum Gasteiger partial charge on any atom is -0.444 e. The Labute approximate surface area is 362 Å². The largest absolute Gasteiger partial charge is 0.444 e. The molecule has 4 N–H and O–H groups in total. The van der Waals surface area contributed by atoms with Gasteiger partial charge in [0, 0.05) is 18.7 Å². The molecule has 0 unspecified atom stereocenters. The van der Waals surface area contributed by atoms with E-state index in [2.05, 4.69) is 37.4 Å². The smallest absolute Gasteiger partial charge is 0.408 e. The minimum absolute atomic E-state index is 0.229. The van der Waals surface area contributed by atoms with Crippen LogP contribution in [0.15, 0.2) is 97.3 Å². The number of rotatable bonds is 9. The lowest BCUT2D eigenvalue weighted by Crippen LogP contribution is -2.44. The van der Waals surface area contributed by atoms with Crippen LogP contribution in [-0.4, -0.2) is 78.0 Å². The zero-order chi connectivity index (χ0) is 44.0. The van der Waals surface area contributed by atoms with E-state index in [1.54, 1.807) is 63.7 Å². The molecule has 14 heteroatoms.